The van der Waals surface area contributed by atoms with Gasteiger partial charge in [-0.1, -0.05) is 47.0 Å². The second kappa shape index (κ2) is 12.0. The lowest BCUT2D eigenvalue weighted by Crippen LogP contribution is -2.04. The first kappa shape index (κ1) is 18.9. The highest BCUT2D eigenvalue weighted by Crippen LogP contribution is 2.00. The number of rotatable bonds is 3. The summed E-state index contributed by atoms with van der Waals surface area (Å²) >= 11 is 0. The molecule has 4 nitrogen and oxygen atoms in total. The van der Waals surface area contributed by atoms with Crippen molar-refractivity contribution in [1.82, 2.24) is 0 Å². The third-order valence-corrected chi connectivity index (χ3v) is 2.10. The van der Waals surface area contributed by atoms with Crippen LogP contribution in [-0.2, 0) is 6.42 Å². The zero-order valence-electron chi connectivity index (χ0n) is 10.6. The van der Waals surface area contributed by atoms with Crippen LogP contribution in [-0.4, -0.2) is 29.7 Å². The Hall–Kier alpha value is -1.49. The molecule has 0 unspecified atom stereocenters. The molecule has 98 valence electrons. The van der Waals surface area contributed by atoms with Crippen molar-refractivity contribution in [3.63, 3.8) is 0 Å². The summed E-state index contributed by atoms with van der Waals surface area (Å²) in [6.45, 7) is 3.07. The highest BCUT2D eigenvalue weighted by molar-refractivity contribution is 6.40. The highest BCUT2D eigenvalue weighted by atomic mass is 35.5. The van der Waals surface area contributed by atoms with Gasteiger partial charge in [-0.15, -0.1) is 12.4 Å². The fourth-order valence-electron chi connectivity index (χ4n) is 0.956. The second-order valence-electron chi connectivity index (χ2n) is 3.40. The summed E-state index contributed by atoms with van der Waals surface area (Å²) < 4.78 is 0. The van der Waals surface area contributed by atoms with Crippen molar-refractivity contribution in [3.8, 4) is 0 Å². The van der Waals surface area contributed by atoms with Crippen LogP contribution in [0.3, 0.4) is 0 Å². The fraction of sp³-hybridized carbons (Fsp3) is 0.333. The molecule has 18 heavy (non-hydrogen) atoms. The SMILES string of the molecule is CC(=NO)C(C)=NO.Cl.[B]CCc1ccccc1. The lowest BCUT2D eigenvalue weighted by molar-refractivity contribution is 0.313. The average Bonchev–Trinajstić information content (AvgIpc) is 2.39. The molecule has 0 aliphatic rings. The molecule has 0 aromatic heterocycles. The summed E-state index contributed by atoms with van der Waals surface area (Å²) in [6, 6.07) is 10.3. The zero-order chi connectivity index (χ0) is 13.1. The molecular formula is C12H18BClN2O2. The quantitative estimate of drug-likeness (QED) is 0.383. The Balaban J connectivity index is 0. The molecule has 6 heteroatoms. The minimum Gasteiger partial charge on any atom is -0.411 e. The Bertz CT molecular complexity index is 354. The third-order valence-electron chi connectivity index (χ3n) is 2.10. The standard InChI is InChI=1S/C8H9B.C4H8N2O2.ClH/c9-7-6-8-4-2-1-3-5-8;1-3(5-7)4(2)6-8;/h1-5H,6-7H2;7-8H,1-2H3;1H. The van der Waals surface area contributed by atoms with Crippen LogP contribution in [0.4, 0.5) is 0 Å². The lowest BCUT2D eigenvalue weighted by atomic mass is 9.98. The lowest BCUT2D eigenvalue weighted by Gasteiger charge is -1.93. The fourth-order valence-corrected chi connectivity index (χ4v) is 0.956. The molecule has 0 fully saturated rings. The van der Waals surface area contributed by atoms with E-state index in [2.05, 4.69) is 22.4 Å². The minimum atomic E-state index is 0. The maximum absolute atomic E-state index is 8.03. The first-order valence-corrected chi connectivity index (χ1v) is 5.27. The largest absolute Gasteiger partial charge is 0.411 e. The topological polar surface area (TPSA) is 65.2 Å². The number of aryl methyl sites for hydroxylation is 1. The van der Waals surface area contributed by atoms with Crippen LogP contribution in [0.5, 0.6) is 0 Å². The predicted octanol–water partition coefficient (Wildman–Crippen LogP) is 2.92. The summed E-state index contributed by atoms with van der Waals surface area (Å²) in [5.41, 5.74) is 1.94. The molecule has 0 saturated carbocycles. The van der Waals surface area contributed by atoms with Gasteiger partial charge in [-0.05, 0) is 25.8 Å². The molecule has 1 aromatic rings. The maximum atomic E-state index is 8.03. The molecule has 0 aliphatic heterocycles. The normalized spacial score (nSPS) is 11.0. The summed E-state index contributed by atoms with van der Waals surface area (Å²) in [6.07, 6.45) is 1.73. The molecule has 0 heterocycles. The molecule has 1 aromatic carbocycles. The smallest absolute Gasteiger partial charge is 0.101 e. The Morgan fingerprint density at radius 3 is 1.83 bits per heavy atom. The van der Waals surface area contributed by atoms with E-state index in [1.165, 1.54) is 19.4 Å². The van der Waals surface area contributed by atoms with Crippen LogP contribution < -0.4 is 0 Å². The van der Waals surface area contributed by atoms with Gasteiger partial charge < -0.3 is 10.4 Å². The van der Waals surface area contributed by atoms with E-state index < -0.39 is 0 Å². The van der Waals surface area contributed by atoms with Crippen molar-refractivity contribution in [3.05, 3.63) is 35.9 Å². The number of benzene rings is 1. The van der Waals surface area contributed by atoms with Gasteiger partial charge in [0.15, 0.2) is 0 Å². The van der Waals surface area contributed by atoms with E-state index >= 15 is 0 Å². The predicted molar refractivity (Wildman–Crippen MR) is 77.7 cm³/mol. The molecular weight excluding hydrogens is 250 g/mol. The van der Waals surface area contributed by atoms with E-state index in [9.17, 15) is 0 Å². The van der Waals surface area contributed by atoms with Crippen LogP contribution >= 0.6 is 12.4 Å². The van der Waals surface area contributed by atoms with Gasteiger partial charge in [-0.3, -0.25) is 0 Å². The Labute approximate surface area is 115 Å². The molecule has 2 N–H and O–H groups in total. The number of oxime groups is 2. The average molecular weight is 269 g/mol. The van der Waals surface area contributed by atoms with Gasteiger partial charge in [0, 0.05) is 0 Å². The first-order chi connectivity index (χ1) is 8.15. The van der Waals surface area contributed by atoms with Crippen LogP contribution in [0.15, 0.2) is 40.6 Å². The van der Waals surface area contributed by atoms with E-state index in [0.717, 1.165) is 12.7 Å². The van der Waals surface area contributed by atoms with E-state index in [4.69, 9.17) is 18.3 Å². The minimum absolute atomic E-state index is 0. The van der Waals surface area contributed by atoms with Crippen molar-refractivity contribution < 1.29 is 10.4 Å². The first-order valence-electron chi connectivity index (χ1n) is 5.27. The van der Waals surface area contributed by atoms with Gasteiger partial charge in [0.1, 0.15) is 11.4 Å². The van der Waals surface area contributed by atoms with Gasteiger partial charge in [0.25, 0.3) is 0 Å². The van der Waals surface area contributed by atoms with Crippen molar-refractivity contribution in [1.29, 1.82) is 0 Å². The number of hydrogen-bond donors (Lipinski definition) is 2. The molecule has 1 rings (SSSR count). The molecule has 0 bridgehead atoms. The molecule has 0 saturated heterocycles. The van der Waals surface area contributed by atoms with Crippen LogP contribution in [0.25, 0.3) is 0 Å². The number of halogens is 1. The molecule has 0 atom stereocenters. The summed E-state index contributed by atoms with van der Waals surface area (Å²) in [5.74, 6) is 0. The number of hydrogen-bond acceptors (Lipinski definition) is 4. The Kier molecular flexibility index (Phi) is 12.6. The Morgan fingerprint density at radius 1 is 1.06 bits per heavy atom. The monoisotopic (exact) mass is 268 g/mol. The summed E-state index contributed by atoms with van der Waals surface area (Å²) in [4.78, 5) is 0. The van der Waals surface area contributed by atoms with Gasteiger partial charge in [-0.2, -0.15) is 0 Å². The maximum Gasteiger partial charge on any atom is 0.101 e. The molecule has 0 amide bonds. The van der Waals surface area contributed by atoms with Crippen molar-refractivity contribution in [2.24, 2.45) is 10.3 Å². The number of nitrogens with zero attached hydrogens (tertiary/aromatic N) is 2. The van der Waals surface area contributed by atoms with Gasteiger partial charge in [0.2, 0.25) is 0 Å². The van der Waals surface area contributed by atoms with Crippen LogP contribution in [0, 0.1) is 0 Å². The molecule has 2 radical (unpaired) electrons. The van der Waals surface area contributed by atoms with E-state index in [1.807, 2.05) is 18.2 Å². The van der Waals surface area contributed by atoms with Crippen molar-refractivity contribution in [2.45, 2.75) is 26.6 Å². The van der Waals surface area contributed by atoms with E-state index in [0.29, 0.717) is 11.4 Å². The van der Waals surface area contributed by atoms with Crippen molar-refractivity contribution >= 4 is 31.7 Å². The summed E-state index contributed by atoms with van der Waals surface area (Å²) in [5, 5.41) is 21.6. The second-order valence-corrected chi connectivity index (χ2v) is 3.40. The van der Waals surface area contributed by atoms with Crippen LogP contribution in [0.1, 0.15) is 19.4 Å². The Morgan fingerprint density at radius 2 is 1.50 bits per heavy atom. The van der Waals surface area contributed by atoms with E-state index in [1.54, 1.807) is 0 Å². The van der Waals surface area contributed by atoms with Gasteiger partial charge >= 0.3 is 0 Å². The van der Waals surface area contributed by atoms with Gasteiger partial charge in [-0.25, -0.2) is 0 Å². The van der Waals surface area contributed by atoms with E-state index in [-0.39, 0.29) is 12.4 Å². The van der Waals surface area contributed by atoms with Crippen LogP contribution in [0.2, 0.25) is 6.32 Å². The third kappa shape index (κ3) is 8.64. The van der Waals surface area contributed by atoms with Gasteiger partial charge in [0.05, 0.1) is 7.85 Å². The van der Waals surface area contributed by atoms with Crippen molar-refractivity contribution in [2.75, 3.05) is 0 Å². The summed E-state index contributed by atoms with van der Waals surface area (Å²) in [7, 11) is 5.36. The molecule has 0 aliphatic carbocycles. The zero-order valence-corrected chi connectivity index (χ0v) is 11.4. The highest BCUT2D eigenvalue weighted by Gasteiger charge is 1.93. The molecule has 0 spiro atoms.